The molecule has 0 bridgehead atoms. The lowest BCUT2D eigenvalue weighted by Gasteiger charge is -2.21. The van der Waals surface area contributed by atoms with Crippen molar-refractivity contribution in [3.8, 4) is 11.3 Å². The summed E-state index contributed by atoms with van der Waals surface area (Å²) in [6.45, 7) is 4.36. The van der Waals surface area contributed by atoms with Crippen LogP contribution in [0.3, 0.4) is 0 Å². The average molecular weight is 567 g/mol. The number of rotatable bonds is 9. The number of hydrogen-bond acceptors (Lipinski definition) is 7. The van der Waals surface area contributed by atoms with Crippen molar-refractivity contribution >= 4 is 40.6 Å². The molecule has 10 nitrogen and oxygen atoms in total. The molecule has 2 heterocycles. The molecule has 39 heavy (non-hydrogen) atoms. The van der Waals surface area contributed by atoms with E-state index < -0.39 is 11.6 Å². The van der Waals surface area contributed by atoms with E-state index in [9.17, 15) is 9.59 Å². The lowest BCUT2D eigenvalue weighted by molar-refractivity contribution is -0.119. The van der Waals surface area contributed by atoms with Gasteiger partial charge in [0.25, 0.3) is 5.56 Å². The maximum Gasteiger partial charge on any atom is 0.254 e. The van der Waals surface area contributed by atoms with Crippen LogP contribution in [0.2, 0.25) is 5.02 Å². The van der Waals surface area contributed by atoms with Gasteiger partial charge in [0.15, 0.2) is 0 Å². The Morgan fingerprint density at radius 3 is 2.59 bits per heavy atom. The molecule has 12 heteroatoms. The number of nitrogens with zero attached hydrogens (tertiary/aromatic N) is 5. The largest absolute Gasteiger partial charge is 0.388 e. The number of benzene rings is 2. The minimum atomic E-state index is -0.884. The van der Waals surface area contributed by atoms with Gasteiger partial charge in [-0.1, -0.05) is 53.5 Å². The lowest BCUT2D eigenvalue weighted by Crippen LogP contribution is -2.35. The second-order valence-corrected chi connectivity index (χ2v) is 9.66. The maximum absolute atomic E-state index is 13.6. The Morgan fingerprint density at radius 1 is 1.18 bits per heavy atom. The molecule has 202 valence electrons. The van der Waals surface area contributed by atoms with Gasteiger partial charge >= 0.3 is 0 Å². The van der Waals surface area contributed by atoms with Crippen molar-refractivity contribution in [2.75, 3.05) is 10.3 Å². The summed E-state index contributed by atoms with van der Waals surface area (Å²) in [5.74, 6) is 6.28. The van der Waals surface area contributed by atoms with Gasteiger partial charge in [-0.2, -0.15) is 5.10 Å². The van der Waals surface area contributed by atoms with E-state index in [2.05, 4.69) is 15.4 Å². The number of aryl methyl sites for hydroxylation is 2. The van der Waals surface area contributed by atoms with Gasteiger partial charge in [-0.25, -0.2) is 15.5 Å². The van der Waals surface area contributed by atoms with Gasteiger partial charge in [-0.05, 0) is 37.6 Å². The number of nitrogens with two attached hydrogens (primary N) is 2. The monoisotopic (exact) mass is 566 g/mol. The van der Waals surface area contributed by atoms with Gasteiger partial charge in [0.2, 0.25) is 5.91 Å². The molecule has 0 radical (unpaired) electrons. The van der Waals surface area contributed by atoms with Crippen LogP contribution in [0.15, 0.2) is 83.1 Å². The van der Waals surface area contributed by atoms with Crippen LogP contribution in [0.5, 0.6) is 0 Å². The normalized spacial score (nSPS) is 12.3. The van der Waals surface area contributed by atoms with Crippen LogP contribution in [0.4, 0.5) is 11.5 Å². The summed E-state index contributed by atoms with van der Waals surface area (Å²) in [6.07, 6.45) is 2.94. The van der Waals surface area contributed by atoms with Gasteiger partial charge in [-0.3, -0.25) is 19.2 Å². The van der Waals surface area contributed by atoms with E-state index in [-0.39, 0.29) is 17.5 Å². The van der Waals surface area contributed by atoms with E-state index in [1.165, 1.54) is 28.2 Å². The lowest BCUT2D eigenvalue weighted by atomic mass is 10.0. The summed E-state index contributed by atoms with van der Waals surface area (Å²) in [4.78, 5) is 31.6. The molecule has 0 saturated carbocycles. The number of nitrogens with one attached hydrogen (secondary N) is 1. The summed E-state index contributed by atoms with van der Waals surface area (Å²) in [5.41, 5.74) is 8.04. The Kier molecular flexibility index (Phi) is 8.70. The Hall–Kier alpha value is -4.12. The quantitative estimate of drug-likeness (QED) is 0.157. The smallest absolute Gasteiger partial charge is 0.254 e. The molecule has 1 unspecified atom stereocenters. The molecule has 2 aromatic heterocycles. The minimum absolute atomic E-state index is 0.0313. The van der Waals surface area contributed by atoms with Gasteiger partial charge in [0, 0.05) is 35.7 Å². The Balaban J connectivity index is 1.74. The average Bonchev–Trinajstić information content (AvgIpc) is 3.26. The van der Waals surface area contributed by atoms with Crippen LogP contribution in [-0.2, 0) is 17.8 Å². The molecule has 2 aromatic carbocycles. The van der Waals surface area contributed by atoms with Crippen LogP contribution in [-0.4, -0.2) is 25.2 Å². The second-order valence-electron chi connectivity index (χ2n) is 8.78. The SMILES string of the molecule is CCn1nc(C)cc1NC(=O)C(Cc1ccccc1)n1cnc(-c2cc(Cl)ccc2N(N)/C=C(\N)Cl)cc1=O. The van der Waals surface area contributed by atoms with E-state index in [4.69, 9.17) is 34.8 Å². The fourth-order valence-electron chi connectivity index (χ4n) is 4.18. The molecule has 0 aliphatic rings. The third-order valence-corrected chi connectivity index (χ3v) is 6.31. The fraction of sp³-hybridized carbons (Fsp3) is 0.185. The van der Waals surface area contributed by atoms with Crippen molar-refractivity contribution in [2.24, 2.45) is 11.6 Å². The molecule has 0 aliphatic heterocycles. The van der Waals surface area contributed by atoms with E-state index in [1.807, 2.05) is 44.2 Å². The predicted molar refractivity (Wildman–Crippen MR) is 154 cm³/mol. The first kappa shape index (κ1) is 27.9. The molecule has 5 N–H and O–H groups in total. The minimum Gasteiger partial charge on any atom is -0.388 e. The van der Waals surface area contributed by atoms with E-state index in [0.717, 1.165) is 11.3 Å². The zero-order chi connectivity index (χ0) is 28.1. The van der Waals surface area contributed by atoms with Gasteiger partial charge < -0.3 is 11.1 Å². The molecular formula is C27H28Cl2N8O2. The molecule has 0 aliphatic carbocycles. The van der Waals surface area contributed by atoms with Crippen molar-refractivity contribution in [3.05, 3.63) is 105 Å². The van der Waals surface area contributed by atoms with E-state index in [1.54, 1.807) is 28.9 Å². The molecule has 0 spiro atoms. The predicted octanol–water partition coefficient (Wildman–Crippen LogP) is 4.19. The van der Waals surface area contributed by atoms with Crippen molar-refractivity contribution in [1.82, 2.24) is 19.3 Å². The number of carbonyl (C=O) groups is 1. The summed E-state index contributed by atoms with van der Waals surface area (Å²) in [7, 11) is 0. The van der Waals surface area contributed by atoms with Crippen LogP contribution < -0.4 is 27.5 Å². The van der Waals surface area contributed by atoms with Crippen molar-refractivity contribution in [1.29, 1.82) is 0 Å². The molecule has 4 rings (SSSR count). The summed E-state index contributed by atoms with van der Waals surface area (Å²) in [6, 6.07) is 16.6. The van der Waals surface area contributed by atoms with E-state index >= 15 is 0 Å². The number of hydrogen-bond donors (Lipinski definition) is 3. The summed E-state index contributed by atoms with van der Waals surface area (Å²) >= 11 is 12.0. The van der Waals surface area contributed by atoms with Crippen LogP contribution in [0.1, 0.15) is 24.2 Å². The number of carbonyl (C=O) groups excluding carboxylic acids is 1. The number of aromatic nitrogens is 4. The first-order valence-electron chi connectivity index (χ1n) is 12.1. The van der Waals surface area contributed by atoms with Crippen LogP contribution in [0.25, 0.3) is 11.3 Å². The number of anilines is 2. The van der Waals surface area contributed by atoms with Gasteiger partial charge in [0.1, 0.15) is 17.0 Å². The standard InChI is InChI=1S/C27H28Cl2N8O2/c1-3-37-25(11-17(2)34-37)33-27(39)23(12-18-7-5-4-6-8-18)35-16-32-21(14-26(35)38)20-13-19(28)9-10-22(20)36(31)15-24(29)30/h4-11,13-16,23H,3,12,30-31H2,1-2H3,(H,33,39)/b24-15-. The second kappa shape index (κ2) is 12.2. The zero-order valence-corrected chi connectivity index (χ0v) is 22.9. The highest BCUT2D eigenvalue weighted by molar-refractivity contribution is 6.31. The van der Waals surface area contributed by atoms with Crippen LogP contribution >= 0.6 is 23.2 Å². The molecule has 0 fully saturated rings. The van der Waals surface area contributed by atoms with Crippen molar-refractivity contribution < 1.29 is 4.79 Å². The van der Waals surface area contributed by atoms with Crippen LogP contribution in [0, 0.1) is 6.92 Å². The molecule has 0 saturated heterocycles. The fourth-order valence-corrected chi connectivity index (χ4v) is 4.46. The van der Waals surface area contributed by atoms with Gasteiger partial charge in [0.05, 0.1) is 29.6 Å². The van der Waals surface area contributed by atoms with Crippen molar-refractivity contribution in [3.63, 3.8) is 0 Å². The Bertz CT molecular complexity index is 1560. The summed E-state index contributed by atoms with van der Waals surface area (Å²) in [5, 5.41) is 8.91. The summed E-state index contributed by atoms with van der Waals surface area (Å²) < 4.78 is 3.00. The highest BCUT2D eigenvalue weighted by atomic mass is 35.5. The topological polar surface area (TPSA) is 137 Å². The third-order valence-electron chi connectivity index (χ3n) is 5.97. The van der Waals surface area contributed by atoms with E-state index in [0.29, 0.717) is 34.3 Å². The number of amides is 1. The zero-order valence-electron chi connectivity index (χ0n) is 21.4. The molecular weight excluding hydrogens is 539 g/mol. The highest BCUT2D eigenvalue weighted by Crippen LogP contribution is 2.31. The molecule has 4 aromatic rings. The molecule has 1 amide bonds. The number of halogens is 2. The van der Waals surface area contributed by atoms with Crippen molar-refractivity contribution in [2.45, 2.75) is 32.9 Å². The maximum atomic E-state index is 13.6. The Morgan fingerprint density at radius 2 is 1.92 bits per heavy atom. The number of hydrazine groups is 1. The molecule has 1 atom stereocenters. The Labute approximate surface area is 235 Å². The first-order valence-corrected chi connectivity index (χ1v) is 12.9. The highest BCUT2D eigenvalue weighted by Gasteiger charge is 2.24. The van der Waals surface area contributed by atoms with Gasteiger partial charge in [-0.15, -0.1) is 0 Å². The third kappa shape index (κ3) is 6.66. The first-order chi connectivity index (χ1) is 18.7.